The van der Waals surface area contributed by atoms with Crippen LogP contribution in [0.4, 0.5) is 17.3 Å². The fourth-order valence-electron chi connectivity index (χ4n) is 3.98. The van der Waals surface area contributed by atoms with E-state index < -0.39 is 0 Å². The first-order valence-electron chi connectivity index (χ1n) is 8.71. The minimum atomic E-state index is 0.764. The minimum absolute atomic E-state index is 0.764. The molecule has 0 saturated carbocycles. The maximum Gasteiger partial charge on any atom is 0.222 e. The zero-order valence-corrected chi connectivity index (χ0v) is 14.3. The maximum absolute atomic E-state index is 6.08. The van der Waals surface area contributed by atoms with Crippen molar-refractivity contribution in [2.75, 3.05) is 23.5 Å². The fraction of sp³-hybridized carbons (Fsp3) is 0.0909. The van der Waals surface area contributed by atoms with Gasteiger partial charge in [-0.25, -0.2) is 0 Å². The molecule has 0 atom stereocenters. The first-order valence-corrected chi connectivity index (χ1v) is 8.71. The third-order valence-electron chi connectivity index (χ3n) is 5.19. The lowest BCUT2D eigenvalue weighted by atomic mass is 10.1. The molecule has 0 saturated heterocycles. The van der Waals surface area contributed by atoms with E-state index in [9.17, 15) is 0 Å². The van der Waals surface area contributed by atoms with E-state index in [1.54, 1.807) is 0 Å². The molecule has 0 bridgehead atoms. The topological polar surface area (TPSA) is 32.8 Å². The predicted octanol–water partition coefficient (Wildman–Crippen LogP) is 5.88. The number of fused-ring (bicyclic) bond motifs is 6. The third-order valence-corrected chi connectivity index (χ3v) is 5.19. The molecule has 1 aliphatic rings. The molecule has 26 heavy (non-hydrogen) atoms. The van der Waals surface area contributed by atoms with Crippen molar-refractivity contribution in [3.63, 3.8) is 0 Å². The highest BCUT2D eigenvalue weighted by molar-refractivity contribution is 6.07. The van der Waals surface area contributed by atoms with E-state index in [2.05, 4.69) is 59.3 Å². The van der Waals surface area contributed by atoms with E-state index in [-0.39, 0.29) is 0 Å². The van der Waals surface area contributed by atoms with Crippen LogP contribution in [0.5, 0.6) is 0 Å². The Hall–Kier alpha value is -3.40. The quantitative estimate of drug-likeness (QED) is 0.381. The largest absolute Gasteiger partial charge is 0.456 e. The third kappa shape index (κ3) is 1.73. The second-order valence-corrected chi connectivity index (χ2v) is 6.80. The highest BCUT2D eigenvalue weighted by atomic mass is 16.4. The van der Waals surface area contributed by atoms with E-state index in [4.69, 9.17) is 8.83 Å². The van der Waals surface area contributed by atoms with Crippen LogP contribution < -0.4 is 9.80 Å². The number of anilines is 3. The summed E-state index contributed by atoms with van der Waals surface area (Å²) in [6.07, 6.45) is 0. The molecular weight excluding hydrogens is 324 g/mol. The molecule has 1 aliphatic heterocycles. The van der Waals surface area contributed by atoms with E-state index in [1.807, 2.05) is 24.3 Å². The van der Waals surface area contributed by atoms with Gasteiger partial charge in [-0.1, -0.05) is 30.3 Å². The first kappa shape index (κ1) is 13.8. The van der Waals surface area contributed by atoms with Crippen LogP contribution in [0.1, 0.15) is 0 Å². The van der Waals surface area contributed by atoms with Gasteiger partial charge >= 0.3 is 0 Å². The minimum Gasteiger partial charge on any atom is -0.456 e. The smallest absolute Gasteiger partial charge is 0.222 e. The van der Waals surface area contributed by atoms with Gasteiger partial charge in [-0.05, 0) is 36.4 Å². The molecule has 0 amide bonds. The molecule has 4 nitrogen and oxygen atoms in total. The van der Waals surface area contributed by atoms with Gasteiger partial charge in [0.25, 0.3) is 0 Å². The molecule has 4 heteroatoms. The highest BCUT2D eigenvalue weighted by Gasteiger charge is 2.31. The van der Waals surface area contributed by atoms with Crippen molar-refractivity contribution in [2.45, 2.75) is 0 Å². The van der Waals surface area contributed by atoms with Crippen LogP contribution >= 0.6 is 0 Å². The summed E-state index contributed by atoms with van der Waals surface area (Å²) in [5.74, 6) is 0.920. The highest BCUT2D eigenvalue weighted by Crippen LogP contribution is 2.47. The molecular formula is C22H16N2O2. The molecule has 0 aliphatic carbocycles. The number of rotatable bonds is 1. The van der Waals surface area contributed by atoms with E-state index in [0.29, 0.717) is 0 Å². The van der Waals surface area contributed by atoms with Gasteiger partial charge in [-0.3, -0.25) is 0 Å². The lowest BCUT2D eigenvalue weighted by molar-refractivity contribution is 0.611. The Morgan fingerprint density at radius 1 is 0.731 bits per heavy atom. The molecule has 0 radical (unpaired) electrons. The summed E-state index contributed by atoms with van der Waals surface area (Å²) < 4.78 is 12.1. The summed E-state index contributed by atoms with van der Waals surface area (Å²) >= 11 is 0. The van der Waals surface area contributed by atoms with Gasteiger partial charge in [0, 0.05) is 28.9 Å². The van der Waals surface area contributed by atoms with E-state index >= 15 is 0 Å². The molecule has 3 heterocycles. The summed E-state index contributed by atoms with van der Waals surface area (Å²) in [6.45, 7) is 0.764. The van der Waals surface area contributed by atoms with E-state index in [1.165, 1.54) is 0 Å². The summed E-state index contributed by atoms with van der Waals surface area (Å²) in [6, 6.07) is 22.8. The molecule has 0 fully saturated rings. The second-order valence-electron chi connectivity index (χ2n) is 6.80. The lowest BCUT2D eigenvalue weighted by Crippen LogP contribution is -2.24. The van der Waals surface area contributed by atoms with Crippen LogP contribution in [-0.2, 0) is 0 Å². The van der Waals surface area contributed by atoms with Gasteiger partial charge in [0.1, 0.15) is 22.4 Å². The van der Waals surface area contributed by atoms with Crippen molar-refractivity contribution in [1.82, 2.24) is 0 Å². The van der Waals surface area contributed by atoms with Crippen molar-refractivity contribution >= 4 is 50.2 Å². The van der Waals surface area contributed by atoms with Gasteiger partial charge in [0.2, 0.25) is 5.88 Å². The summed E-state index contributed by atoms with van der Waals surface area (Å²) in [5.41, 5.74) is 5.03. The molecule has 0 N–H and O–H groups in total. The Bertz CT molecular complexity index is 1300. The molecule has 0 unspecified atom stereocenters. The maximum atomic E-state index is 6.08. The van der Waals surface area contributed by atoms with Crippen LogP contribution in [0.15, 0.2) is 75.6 Å². The van der Waals surface area contributed by atoms with Crippen LogP contribution in [0.25, 0.3) is 32.9 Å². The number of benzene rings is 3. The fourth-order valence-corrected chi connectivity index (χ4v) is 3.98. The zero-order valence-electron chi connectivity index (χ0n) is 14.3. The second kappa shape index (κ2) is 4.82. The summed E-state index contributed by atoms with van der Waals surface area (Å²) in [5, 5.41) is 3.43. The van der Waals surface area contributed by atoms with Gasteiger partial charge in [0.05, 0.1) is 6.67 Å². The lowest BCUT2D eigenvalue weighted by Gasteiger charge is -2.19. The van der Waals surface area contributed by atoms with Gasteiger partial charge in [-0.2, -0.15) is 0 Å². The Kier molecular flexibility index (Phi) is 2.57. The van der Waals surface area contributed by atoms with Crippen molar-refractivity contribution in [1.29, 1.82) is 0 Å². The number of nitrogens with zero attached hydrogens (tertiary/aromatic N) is 2. The van der Waals surface area contributed by atoms with Crippen LogP contribution in [0.2, 0.25) is 0 Å². The number of hydrogen-bond donors (Lipinski definition) is 0. The van der Waals surface area contributed by atoms with Gasteiger partial charge in [0.15, 0.2) is 0 Å². The average molecular weight is 340 g/mol. The van der Waals surface area contributed by atoms with Crippen LogP contribution in [-0.4, -0.2) is 13.7 Å². The van der Waals surface area contributed by atoms with Crippen LogP contribution in [0, 0.1) is 0 Å². The number of furan rings is 2. The number of para-hydroxylation sites is 2. The van der Waals surface area contributed by atoms with Crippen molar-refractivity contribution in [3.8, 4) is 0 Å². The first-order chi connectivity index (χ1) is 12.8. The predicted molar refractivity (Wildman–Crippen MR) is 105 cm³/mol. The average Bonchev–Trinajstić information content (AvgIpc) is 3.32. The zero-order chi connectivity index (χ0) is 17.3. The number of hydrogen-bond acceptors (Lipinski definition) is 4. The van der Waals surface area contributed by atoms with Gasteiger partial charge < -0.3 is 18.6 Å². The standard InChI is InChI=1S/C22H16N2O2/c1-23-13-24(21-16-7-3-5-9-19(16)26-22(21)23)14-10-11-20-17(12-14)15-6-2-4-8-18(15)25-20/h2-12H,13H2,1H3. The summed E-state index contributed by atoms with van der Waals surface area (Å²) in [4.78, 5) is 4.45. The van der Waals surface area contributed by atoms with Crippen molar-refractivity contribution in [3.05, 3.63) is 66.7 Å². The SMILES string of the molecule is CN1CN(c2ccc3oc4ccccc4c3c2)c2c1oc1ccccc21. The van der Waals surface area contributed by atoms with E-state index in [0.717, 1.165) is 56.8 Å². The normalized spacial score (nSPS) is 14.0. The van der Waals surface area contributed by atoms with Gasteiger partial charge in [-0.15, -0.1) is 0 Å². The molecule has 2 aromatic heterocycles. The van der Waals surface area contributed by atoms with Crippen molar-refractivity contribution in [2.24, 2.45) is 0 Å². The molecule has 6 rings (SSSR count). The van der Waals surface area contributed by atoms with Crippen molar-refractivity contribution < 1.29 is 8.83 Å². The monoisotopic (exact) mass is 340 g/mol. The molecule has 126 valence electrons. The molecule has 3 aromatic carbocycles. The Morgan fingerprint density at radius 3 is 2.27 bits per heavy atom. The Labute approximate surface area is 149 Å². The van der Waals surface area contributed by atoms with Crippen LogP contribution in [0.3, 0.4) is 0 Å². The molecule has 5 aromatic rings. The Balaban J connectivity index is 1.59. The summed E-state index contributed by atoms with van der Waals surface area (Å²) in [7, 11) is 2.06. The Morgan fingerprint density at radius 2 is 1.42 bits per heavy atom. The molecule has 0 spiro atoms.